The Morgan fingerprint density at radius 2 is 1.88 bits per heavy atom. The number of pyridine rings is 2. The summed E-state index contributed by atoms with van der Waals surface area (Å²) in [4.78, 5) is 55.2. The number of hydrogen-bond donors (Lipinski definition) is 0. The third kappa shape index (κ3) is 4.03. The minimum absolute atomic E-state index is 0.0161. The van der Waals surface area contributed by atoms with Gasteiger partial charge in [0.25, 0.3) is 11.2 Å². The summed E-state index contributed by atoms with van der Waals surface area (Å²) < 4.78 is 17.9. The second-order valence-electron chi connectivity index (χ2n) is 10.1. The van der Waals surface area contributed by atoms with Crippen molar-refractivity contribution < 1.29 is 28.7 Å². The van der Waals surface area contributed by atoms with Crippen molar-refractivity contribution in [3.63, 3.8) is 0 Å². The molecule has 0 unspecified atom stereocenters. The second-order valence-corrected chi connectivity index (χ2v) is 10.1. The van der Waals surface area contributed by atoms with E-state index in [1.54, 1.807) is 17.6 Å². The maximum Gasteiger partial charge on any atom is 0.515 e. The van der Waals surface area contributed by atoms with Crippen molar-refractivity contribution in [2.75, 3.05) is 0 Å². The maximum atomic E-state index is 13.8. The Balaban J connectivity index is 1.44. The highest BCUT2D eigenvalue weighted by atomic mass is 16.7. The first-order chi connectivity index (χ1) is 19.7. The van der Waals surface area contributed by atoms with Gasteiger partial charge >= 0.3 is 12.1 Å². The van der Waals surface area contributed by atoms with E-state index in [-0.39, 0.29) is 41.2 Å². The molecular formula is C30H25N3O8. The summed E-state index contributed by atoms with van der Waals surface area (Å²) in [6.45, 7) is 5.78. The highest BCUT2D eigenvalue weighted by molar-refractivity contribution is 5.90. The van der Waals surface area contributed by atoms with Gasteiger partial charge in [-0.25, -0.2) is 14.6 Å². The number of nitro benzene ring substituents is 1. The minimum Gasteiger partial charge on any atom is -0.457 e. The monoisotopic (exact) mass is 555 g/mol. The molecule has 0 saturated heterocycles. The molecule has 11 heteroatoms. The van der Waals surface area contributed by atoms with Gasteiger partial charge in [0, 0.05) is 28.6 Å². The van der Waals surface area contributed by atoms with Crippen LogP contribution in [0.1, 0.15) is 48.1 Å². The molecule has 0 fully saturated rings. The largest absolute Gasteiger partial charge is 0.515 e. The van der Waals surface area contributed by atoms with Crippen molar-refractivity contribution in [1.82, 2.24) is 9.55 Å². The molecule has 1 atom stereocenters. The number of non-ortho nitro benzene ring substituents is 1. The number of aryl methyl sites for hydroxylation is 2. The summed E-state index contributed by atoms with van der Waals surface area (Å²) in [6.07, 6.45) is -0.515. The predicted molar refractivity (Wildman–Crippen MR) is 147 cm³/mol. The Morgan fingerprint density at radius 1 is 1.12 bits per heavy atom. The van der Waals surface area contributed by atoms with E-state index < -0.39 is 22.6 Å². The van der Waals surface area contributed by atoms with E-state index in [0.29, 0.717) is 17.9 Å². The van der Waals surface area contributed by atoms with Gasteiger partial charge in [-0.15, -0.1) is 0 Å². The summed E-state index contributed by atoms with van der Waals surface area (Å²) in [5, 5.41) is 12.0. The van der Waals surface area contributed by atoms with Gasteiger partial charge in [0.1, 0.15) is 12.4 Å². The lowest BCUT2D eigenvalue weighted by Crippen LogP contribution is -2.47. The summed E-state index contributed by atoms with van der Waals surface area (Å²) in [5.74, 6) is -0.843. The fourth-order valence-corrected chi connectivity index (χ4v) is 5.73. The van der Waals surface area contributed by atoms with Crippen LogP contribution in [0.4, 0.5) is 10.5 Å². The molecule has 0 aliphatic carbocycles. The van der Waals surface area contributed by atoms with E-state index in [0.717, 1.165) is 34.0 Å². The van der Waals surface area contributed by atoms with Crippen LogP contribution < -0.4 is 10.3 Å². The normalized spacial score (nSPS) is 16.9. The number of carbonyl (C=O) groups is 2. The molecule has 41 heavy (non-hydrogen) atoms. The van der Waals surface area contributed by atoms with E-state index in [4.69, 9.17) is 19.2 Å². The molecule has 0 N–H and O–H groups in total. The van der Waals surface area contributed by atoms with Crippen molar-refractivity contribution in [2.45, 2.75) is 52.4 Å². The number of ether oxygens (including phenoxy) is 3. The van der Waals surface area contributed by atoms with E-state index in [2.05, 4.69) is 13.0 Å². The number of aromatic nitrogens is 2. The molecule has 4 heterocycles. The molecule has 6 rings (SSSR count). The molecule has 0 spiro atoms. The van der Waals surface area contributed by atoms with Crippen molar-refractivity contribution in [1.29, 1.82) is 0 Å². The van der Waals surface area contributed by atoms with Crippen LogP contribution in [0.3, 0.4) is 0 Å². The zero-order valence-electron chi connectivity index (χ0n) is 22.6. The summed E-state index contributed by atoms with van der Waals surface area (Å²) in [7, 11) is 0. The van der Waals surface area contributed by atoms with Gasteiger partial charge in [0.05, 0.1) is 33.9 Å². The van der Waals surface area contributed by atoms with E-state index in [9.17, 15) is 24.5 Å². The fraction of sp³-hybridized carbons (Fsp3) is 0.267. The first-order valence-corrected chi connectivity index (χ1v) is 13.2. The molecule has 2 aliphatic heterocycles. The van der Waals surface area contributed by atoms with Crippen molar-refractivity contribution in [3.05, 3.63) is 96.8 Å². The van der Waals surface area contributed by atoms with Crippen LogP contribution in [0, 0.1) is 17.0 Å². The van der Waals surface area contributed by atoms with Gasteiger partial charge in [-0.05, 0) is 55.7 Å². The molecule has 4 aromatic rings. The zero-order valence-corrected chi connectivity index (χ0v) is 22.6. The fourth-order valence-electron chi connectivity index (χ4n) is 5.73. The number of benzene rings is 2. The van der Waals surface area contributed by atoms with Crippen LogP contribution in [-0.4, -0.2) is 26.6 Å². The number of cyclic esters (lactones) is 1. The number of nitro groups is 1. The second kappa shape index (κ2) is 9.54. The van der Waals surface area contributed by atoms with Crippen LogP contribution in [0.2, 0.25) is 0 Å². The number of esters is 1. The van der Waals surface area contributed by atoms with Gasteiger partial charge < -0.3 is 18.8 Å². The molecule has 0 amide bonds. The quantitative estimate of drug-likeness (QED) is 0.126. The average Bonchev–Trinajstić information content (AvgIpc) is 3.32. The summed E-state index contributed by atoms with van der Waals surface area (Å²) >= 11 is 0. The van der Waals surface area contributed by atoms with Gasteiger partial charge in [0.2, 0.25) is 5.60 Å². The van der Waals surface area contributed by atoms with Gasteiger partial charge in [-0.2, -0.15) is 0 Å². The van der Waals surface area contributed by atoms with Gasteiger partial charge in [0.15, 0.2) is 0 Å². The first-order valence-electron chi connectivity index (χ1n) is 13.2. The third-order valence-corrected chi connectivity index (χ3v) is 7.79. The average molecular weight is 556 g/mol. The summed E-state index contributed by atoms with van der Waals surface area (Å²) in [5.41, 5.74) is 3.10. The molecular weight excluding hydrogens is 530 g/mol. The van der Waals surface area contributed by atoms with Crippen molar-refractivity contribution in [2.24, 2.45) is 0 Å². The van der Waals surface area contributed by atoms with E-state index in [1.165, 1.54) is 24.3 Å². The van der Waals surface area contributed by atoms with Crippen LogP contribution in [0.5, 0.6) is 5.75 Å². The maximum absolute atomic E-state index is 13.8. The first kappa shape index (κ1) is 26.2. The Morgan fingerprint density at radius 3 is 2.56 bits per heavy atom. The molecule has 2 aliphatic rings. The van der Waals surface area contributed by atoms with Crippen LogP contribution in [-0.2, 0) is 39.4 Å². The predicted octanol–water partition coefficient (Wildman–Crippen LogP) is 5.08. The minimum atomic E-state index is -1.94. The Kier molecular flexibility index (Phi) is 6.09. The number of hydrogen-bond acceptors (Lipinski definition) is 9. The topological polar surface area (TPSA) is 140 Å². The Labute approximate surface area is 233 Å². The van der Waals surface area contributed by atoms with Crippen LogP contribution in [0.15, 0.2) is 53.3 Å². The molecule has 11 nitrogen and oxygen atoms in total. The Hall–Kier alpha value is -5.06. The van der Waals surface area contributed by atoms with E-state index in [1.807, 2.05) is 19.1 Å². The van der Waals surface area contributed by atoms with Gasteiger partial charge in [-0.3, -0.25) is 14.9 Å². The van der Waals surface area contributed by atoms with Crippen LogP contribution in [0.25, 0.3) is 22.3 Å². The molecule has 2 aromatic heterocycles. The SMILES string of the molecule is CCc1c2c(nc3ccc(C)cc13)-c1cc3c(c(=O)n1C2)COC(=O)[C@@]3(CC)OC(=O)Oc1ccc([N+](=O)[O-])cc1. The number of fused-ring (bicyclic) bond motifs is 5. The lowest BCUT2D eigenvalue weighted by atomic mass is 9.85. The number of carbonyl (C=O) groups excluding carboxylic acids is 2. The molecule has 0 saturated carbocycles. The van der Waals surface area contributed by atoms with E-state index >= 15 is 0 Å². The lowest BCUT2D eigenvalue weighted by molar-refractivity contribution is -0.384. The highest BCUT2D eigenvalue weighted by Crippen LogP contribution is 2.42. The van der Waals surface area contributed by atoms with Gasteiger partial charge in [-0.1, -0.05) is 25.5 Å². The number of nitrogens with zero attached hydrogens (tertiary/aromatic N) is 3. The standard InChI is InChI=1S/C30H25N3O8/c1-4-19-20-12-16(3)6-11-24(20)31-26-21(19)14-32-25(26)13-23-22(27(32)34)15-39-28(35)30(23,5-2)41-29(36)40-18-9-7-17(8-10-18)33(37)38/h6-13H,4-5,14-15H2,1-3H3/t30-/m0/s1. The number of rotatable bonds is 5. The van der Waals surface area contributed by atoms with Crippen molar-refractivity contribution in [3.8, 4) is 17.1 Å². The highest BCUT2D eigenvalue weighted by Gasteiger charge is 2.51. The Bertz CT molecular complexity index is 1840. The zero-order chi connectivity index (χ0) is 29.1. The molecule has 0 radical (unpaired) electrons. The lowest BCUT2D eigenvalue weighted by Gasteiger charge is -2.35. The molecule has 208 valence electrons. The molecule has 2 aromatic carbocycles. The smallest absolute Gasteiger partial charge is 0.457 e. The molecule has 0 bridgehead atoms. The van der Waals surface area contributed by atoms with Crippen LogP contribution >= 0.6 is 0 Å². The summed E-state index contributed by atoms with van der Waals surface area (Å²) in [6, 6.07) is 12.6. The van der Waals surface area contributed by atoms with Crippen molar-refractivity contribution >= 4 is 28.7 Å². The third-order valence-electron chi connectivity index (χ3n) is 7.79.